The zero-order valence-corrected chi connectivity index (χ0v) is 9.99. The van der Waals surface area contributed by atoms with Crippen molar-refractivity contribution in [2.24, 2.45) is 0 Å². The number of carbonyl (C=O) groups excluding carboxylic acids is 1. The fourth-order valence-electron chi connectivity index (χ4n) is 1.28. The van der Waals surface area contributed by atoms with Gasteiger partial charge in [0.15, 0.2) is 0 Å². The van der Waals surface area contributed by atoms with Crippen LogP contribution in [0.5, 0.6) is 0 Å². The molecule has 1 rings (SSSR count). The number of hydrogen-bond donors (Lipinski definition) is 0. The molecule has 0 aliphatic heterocycles. The maximum absolute atomic E-state index is 12.5. The molecular weight excluding hydrogens is 249 g/mol. The number of halogens is 3. The molecular formula is C11H13F3N2O2. The molecule has 0 aliphatic carbocycles. The van der Waals surface area contributed by atoms with Crippen LogP contribution in [0.4, 0.5) is 19.0 Å². The number of esters is 1. The van der Waals surface area contributed by atoms with Gasteiger partial charge in [-0.15, -0.1) is 0 Å². The van der Waals surface area contributed by atoms with Crippen molar-refractivity contribution < 1.29 is 22.7 Å². The molecule has 0 bridgehead atoms. The molecule has 0 atom stereocenters. The van der Waals surface area contributed by atoms with Crippen LogP contribution in [-0.2, 0) is 15.7 Å². The number of methoxy groups -OCH3 is 1. The number of carbonyl (C=O) groups is 1. The van der Waals surface area contributed by atoms with Crippen LogP contribution in [0.2, 0.25) is 0 Å². The highest BCUT2D eigenvalue weighted by atomic mass is 19.4. The predicted octanol–water partition coefficient (Wildman–Crippen LogP) is 2.10. The number of alkyl halides is 3. The Labute approximate surface area is 102 Å². The van der Waals surface area contributed by atoms with Crippen LogP contribution >= 0.6 is 0 Å². The minimum absolute atomic E-state index is 0.0882. The fraction of sp³-hybridized carbons (Fsp3) is 0.455. The van der Waals surface area contributed by atoms with E-state index in [2.05, 4.69) is 9.72 Å². The minimum atomic E-state index is -4.40. The Bertz CT molecular complexity index is 421. The second-order valence-electron chi connectivity index (χ2n) is 3.65. The molecule has 0 fully saturated rings. The van der Waals surface area contributed by atoms with Gasteiger partial charge < -0.3 is 9.64 Å². The van der Waals surface area contributed by atoms with Gasteiger partial charge in [0, 0.05) is 19.8 Å². The number of nitrogens with zero attached hydrogens (tertiary/aromatic N) is 2. The largest absolute Gasteiger partial charge is 0.469 e. The van der Waals surface area contributed by atoms with Crippen LogP contribution in [0.25, 0.3) is 0 Å². The Hall–Kier alpha value is -1.79. The quantitative estimate of drug-likeness (QED) is 0.779. The van der Waals surface area contributed by atoms with E-state index in [1.54, 1.807) is 7.05 Å². The molecule has 4 nitrogen and oxygen atoms in total. The lowest BCUT2D eigenvalue weighted by Gasteiger charge is -2.18. The van der Waals surface area contributed by atoms with Crippen LogP contribution in [-0.4, -0.2) is 31.7 Å². The van der Waals surface area contributed by atoms with Crippen molar-refractivity contribution in [1.29, 1.82) is 0 Å². The summed E-state index contributed by atoms with van der Waals surface area (Å²) in [5.41, 5.74) is -0.766. The predicted molar refractivity (Wildman–Crippen MR) is 59.1 cm³/mol. The Kier molecular flexibility index (Phi) is 4.52. The molecule has 0 amide bonds. The van der Waals surface area contributed by atoms with E-state index in [0.29, 0.717) is 0 Å². The summed E-state index contributed by atoms with van der Waals surface area (Å²) >= 11 is 0. The van der Waals surface area contributed by atoms with Crippen LogP contribution in [0.3, 0.4) is 0 Å². The normalized spacial score (nSPS) is 11.2. The van der Waals surface area contributed by atoms with Gasteiger partial charge in [-0.3, -0.25) is 4.79 Å². The van der Waals surface area contributed by atoms with Crippen molar-refractivity contribution in [3.63, 3.8) is 0 Å². The maximum atomic E-state index is 12.5. The number of pyridine rings is 1. The van der Waals surface area contributed by atoms with E-state index >= 15 is 0 Å². The smallest absolute Gasteiger partial charge is 0.416 e. The average molecular weight is 262 g/mol. The van der Waals surface area contributed by atoms with Gasteiger partial charge in [-0.25, -0.2) is 4.98 Å². The average Bonchev–Trinajstić information content (AvgIpc) is 2.34. The zero-order chi connectivity index (χ0) is 13.8. The van der Waals surface area contributed by atoms with E-state index in [4.69, 9.17) is 0 Å². The van der Waals surface area contributed by atoms with Crippen molar-refractivity contribution >= 4 is 11.8 Å². The summed E-state index contributed by atoms with van der Waals surface area (Å²) in [7, 11) is 2.82. The molecule has 1 heterocycles. The third-order valence-corrected chi connectivity index (χ3v) is 2.34. The van der Waals surface area contributed by atoms with Crippen LogP contribution < -0.4 is 4.90 Å². The number of anilines is 1. The summed E-state index contributed by atoms with van der Waals surface area (Å²) in [5, 5.41) is 0. The van der Waals surface area contributed by atoms with E-state index in [1.165, 1.54) is 12.0 Å². The molecule has 0 spiro atoms. The highest BCUT2D eigenvalue weighted by Crippen LogP contribution is 2.30. The highest BCUT2D eigenvalue weighted by Gasteiger charge is 2.31. The van der Waals surface area contributed by atoms with Crippen LogP contribution in [0, 0.1) is 0 Å². The molecule has 0 aromatic carbocycles. The summed E-state index contributed by atoms with van der Waals surface area (Å²) in [5.74, 6) is -0.262. The Morgan fingerprint density at radius 1 is 1.50 bits per heavy atom. The summed E-state index contributed by atoms with van der Waals surface area (Å²) in [6, 6.07) is 1.84. The first-order valence-corrected chi connectivity index (χ1v) is 5.16. The van der Waals surface area contributed by atoms with E-state index in [0.717, 1.165) is 18.3 Å². The summed E-state index contributed by atoms with van der Waals surface area (Å²) < 4.78 is 41.9. The van der Waals surface area contributed by atoms with Crippen molar-refractivity contribution in [1.82, 2.24) is 4.98 Å². The van der Waals surface area contributed by atoms with Crippen LogP contribution in [0.1, 0.15) is 12.0 Å². The Morgan fingerprint density at radius 3 is 2.72 bits per heavy atom. The lowest BCUT2D eigenvalue weighted by Crippen LogP contribution is -2.23. The van der Waals surface area contributed by atoms with Gasteiger partial charge in [-0.05, 0) is 12.1 Å². The second kappa shape index (κ2) is 5.70. The molecule has 0 aliphatic rings. The molecule has 1 aromatic rings. The third kappa shape index (κ3) is 3.90. The Morgan fingerprint density at radius 2 is 2.17 bits per heavy atom. The van der Waals surface area contributed by atoms with Gasteiger partial charge in [0.25, 0.3) is 0 Å². The van der Waals surface area contributed by atoms with Gasteiger partial charge in [-0.1, -0.05) is 0 Å². The van der Waals surface area contributed by atoms with E-state index in [9.17, 15) is 18.0 Å². The first kappa shape index (κ1) is 14.3. The van der Waals surface area contributed by atoms with Crippen molar-refractivity contribution in [3.05, 3.63) is 23.9 Å². The van der Waals surface area contributed by atoms with E-state index in [-0.39, 0.29) is 18.8 Å². The molecule has 18 heavy (non-hydrogen) atoms. The lowest BCUT2D eigenvalue weighted by molar-refractivity contribution is -0.140. The molecule has 7 heteroatoms. The summed E-state index contributed by atoms with van der Waals surface area (Å²) in [6.45, 7) is 0.237. The summed E-state index contributed by atoms with van der Waals surface area (Å²) in [4.78, 5) is 16.2. The number of hydrogen-bond acceptors (Lipinski definition) is 4. The SMILES string of the molecule is COC(=O)CCN(C)c1cc(C(F)(F)F)ccn1. The second-order valence-corrected chi connectivity index (χ2v) is 3.65. The van der Waals surface area contributed by atoms with Gasteiger partial charge >= 0.3 is 12.1 Å². The maximum Gasteiger partial charge on any atom is 0.416 e. The van der Waals surface area contributed by atoms with Crippen LogP contribution in [0.15, 0.2) is 18.3 Å². The van der Waals surface area contributed by atoms with Crippen molar-refractivity contribution in [2.75, 3.05) is 25.6 Å². The minimum Gasteiger partial charge on any atom is -0.469 e. The van der Waals surface area contributed by atoms with E-state index < -0.39 is 17.7 Å². The topological polar surface area (TPSA) is 42.4 Å². The van der Waals surface area contributed by atoms with Crippen molar-refractivity contribution in [3.8, 4) is 0 Å². The molecule has 0 saturated heterocycles. The first-order valence-electron chi connectivity index (χ1n) is 5.16. The molecule has 100 valence electrons. The zero-order valence-electron chi connectivity index (χ0n) is 9.99. The molecule has 0 radical (unpaired) electrons. The molecule has 0 unspecified atom stereocenters. The van der Waals surface area contributed by atoms with E-state index in [1.807, 2.05) is 0 Å². The monoisotopic (exact) mass is 262 g/mol. The number of aromatic nitrogens is 1. The highest BCUT2D eigenvalue weighted by molar-refractivity contribution is 5.69. The standard InChI is InChI=1S/C11H13F3N2O2/c1-16(6-4-10(17)18-2)9-7-8(3-5-15-9)11(12,13)14/h3,5,7H,4,6H2,1-2H3. The fourth-order valence-corrected chi connectivity index (χ4v) is 1.28. The molecule has 0 saturated carbocycles. The Balaban J connectivity index is 2.74. The summed E-state index contributed by atoms with van der Waals surface area (Å²) in [6.07, 6.45) is -3.22. The lowest BCUT2D eigenvalue weighted by atomic mass is 10.2. The van der Waals surface area contributed by atoms with Gasteiger partial charge in [-0.2, -0.15) is 13.2 Å². The van der Waals surface area contributed by atoms with Gasteiger partial charge in [0.05, 0.1) is 19.1 Å². The van der Waals surface area contributed by atoms with Gasteiger partial charge in [0.2, 0.25) is 0 Å². The number of ether oxygens (including phenoxy) is 1. The number of rotatable bonds is 4. The molecule has 1 aromatic heterocycles. The molecule has 0 N–H and O–H groups in total. The van der Waals surface area contributed by atoms with Gasteiger partial charge in [0.1, 0.15) is 5.82 Å². The van der Waals surface area contributed by atoms with Crippen molar-refractivity contribution in [2.45, 2.75) is 12.6 Å². The third-order valence-electron chi connectivity index (χ3n) is 2.34. The first-order chi connectivity index (χ1) is 8.34.